The molecule has 1 aromatic carbocycles. The van der Waals surface area contributed by atoms with Crippen molar-refractivity contribution in [2.24, 2.45) is 0 Å². The summed E-state index contributed by atoms with van der Waals surface area (Å²) in [6.07, 6.45) is 0.412. The monoisotopic (exact) mass is 272 g/mol. The van der Waals surface area contributed by atoms with E-state index >= 15 is 0 Å². The van der Waals surface area contributed by atoms with Gasteiger partial charge >= 0.3 is 0 Å². The first-order chi connectivity index (χ1) is 8.24. The quantitative estimate of drug-likeness (QED) is 0.819. The van der Waals surface area contributed by atoms with Gasteiger partial charge < -0.3 is 15.0 Å². The van der Waals surface area contributed by atoms with Crippen LogP contribution in [0, 0.1) is 0 Å². The molecular formula is C13H21ClN2O2. The first kappa shape index (κ1) is 16.7. The van der Waals surface area contributed by atoms with Gasteiger partial charge in [0.2, 0.25) is 5.91 Å². The van der Waals surface area contributed by atoms with Crippen LogP contribution in [0.4, 0.5) is 0 Å². The lowest BCUT2D eigenvalue weighted by Gasteiger charge is -2.16. The van der Waals surface area contributed by atoms with Crippen LogP contribution in [0.1, 0.15) is 6.42 Å². The third-order valence-corrected chi connectivity index (χ3v) is 2.45. The van der Waals surface area contributed by atoms with Gasteiger partial charge in [-0.05, 0) is 19.2 Å². The van der Waals surface area contributed by atoms with Gasteiger partial charge in [-0.2, -0.15) is 0 Å². The number of rotatable bonds is 7. The van der Waals surface area contributed by atoms with Crippen LogP contribution in [0.25, 0.3) is 0 Å². The van der Waals surface area contributed by atoms with Crippen molar-refractivity contribution < 1.29 is 9.53 Å². The fraction of sp³-hybridized carbons (Fsp3) is 0.462. The molecule has 0 saturated heterocycles. The fourth-order valence-corrected chi connectivity index (χ4v) is 1.37. The molecule has 0 bridgehead atoms. The van der Waals surface area contributed by atoms with E-state index in [9.17, 15) is 4.79 Å². The molecule has 102 valence electrons. The highest BCUT2D eigenvalue weighted by molar-refractivity contribution is 5.85. The summed E-state index contributed by atoms with van der Waals surface area (Å²) in [6.45, 7) is 1.95. The minimum Gasteiger partial charge on any atom is -0.493 e. The Bertz CT molecular complexity index is 333. The third-order valence-electron chi connectivity index (χ3n) is 2.45. The summed E-state index contributed by atoms with van der Waals surface area (Å²) in [5.41, 5.74) is 0. The molecule has 0 radical (unpaired) electrons. The highest BCUT2D eigenvalue weighted by Gasteiger charge is 2.07. The summed E-state index contributed by atoms with van der Waals surface area (Å²) in [4.78, 5) is 13.4. The van der Waals surface area contributed by atoms with Crippen LogP contribution in [0.2, 0.25) is 0 Å². The lowest BCUT2D eigenvalue weighted by molar-refractivity contribution is -0.130. The maximum Gasteiger partial charge on any atom is 0.225 e. The van der Waals surface area contributed by atoms with Crippen LogP contribution in [-0.2, 0) is 4.79 Å². The van der Waals surface area contributed by atoms with Gasteiger partial charge in [0.15, 0.2) is 0 Å². The Labute approximate surface area is 115 Å². The Morgan fingerprint density at radius 3 is 2.61 bits per heavy atom. The van der Waals surface area contributed by atoms with Crippen LogP contribution in [0.5, 0.6) is 5.75 Å². The molecule has 0 saturated carbocycles. The van der Waals surface area contributed by atoms with Gasteiger partial charge in [-0.15, -0.1) is 12.4 Å². The number of likely N-dealkylation sites (N-methyl/N-ethyl adjacent to an activating group) is 2. The SMILES string of the molecule is CNCCN(C)C(=O)CCOc1ccccc1.Cl. The molecule has 1 amide bonds. The summed E-state index contributed by atoms with van der Waals surface area (Å²) < 4.78 is 5.47. The van der Waals surface area contributed by atoms with Crippen molar-refractivity contribution in [2.45, 2.75) is 6.42 Å². The normalized spacial score (nSPS) is 9.44. The lowest BCUT2D eigenvalue weighted by Crippen LogP contribution is -2.33. The number of ether oxygens (including phenoxy) is 1. The largest absolute Gasteiger partial charge is 0.493 e. The summed E-state index contributed by atoms with van der Waals surface area (Å²) in [5, 5.41) is 3.01. The van der Waals surface area contributed by atoms with Gasteiger partial charge in [0.05, 0.1) is 13.0 Å². The summed E-state index contributed by atoms with van der Waals surface area (Å²) in [7, 11) is 3.68. The van der Waals surface area contributed by atoms with Gasteiger partial charge in [-0.25, -0.2) is 0 Å². The molecule has 0 aromatic heterocycles. The molecule has 0 spiro atoms. The van der Waals surface area contributed by atoms with Gasteiger partial charge in [-0.1, -0.05) is 18.2 Å². The number of halogens is 1. The van der Waals surface area contributed by atoms with Crippen LogP contribution >= 0.6 is 12.4 Å². The zero-order chi connectivity index (χ0) is 12.5. The Balaban J connectivity index is 0.00000289. The molecule has 1 rings (SSSR count). The second-order valence-corrected chi connectivity index (χ2v) is 3.83. The van der Waals surface area contributed by atoms with Crippen LogP contribution in [-0.4, -0.2) is 44.6 Å². The number of hydrogen-bond acceptors (Lipinski definition) is 3. The van der Waals surface area contributed by atoms with Crippen LogP contribution in [0.3, 0.4) is 0 Å². The highest BCUT2D eigenvalue weighted by Crippen LogP contribution is 2.08. The molecule has 1 N–H and O–H groups in total. The lowest BCUT2D eigenvalue weighted by atomic mass is 10.3. The van der Waals surface area contributed by atoms with E-state index in [4.69, 9.17) is 4.74 Å². The maximum atomic E-state index is 11.7. The van der Waals surface area contributed by atoms with Crippen LogP contribution < -0.4 is 10.1 Å². The molecule has 0 unspecified atom stereocenters. The molecule has 0 aliphatic carbocycles. The zero-order valence-corrected chi connectivity index (χ0v) is 11.7. The standard InChI is InChI=1S/C13H20N2O2.ClH/c1-14-9-10-15(2)13(16)8-11-17-12-6-4-3-5-7-12;/h3-7,14H,8-11H2,1-2H3;1H. The number of benzene rings is 1. The molecule has 4 nitrogen and oxygen atoms in total. The first-order valence-electron chi connectivity index (χ1n) is 5.80. The second kappa shape index (κ2) is 9.74. The molecule has 5 heteroatoms. The Hall–Kier alpha value is -1.26. The zero-order valence-electron chi connectivity index (χ0n) is 10.9. The Morgan fingerprint density at radius 2 is 2.00 bits per heavy atom. The minimum absolute atomic E-state index is 0. The second-order valence-electron chi connectivity index (χ2n) is 3.83. The van der Waals surface area contributed by atoms with Gasteiger partial charge in [0.25, 0.3) is 0 Å². The summed E-state index contributed by atoms with van der Waals surface area (Å²) in [6, 6.07) is 9.53. The predicted octanol–water partition coefficient (Wildman–Crippen LogP) is 1.56. The minimum atomic E-state index is 0. The van der Waals surface area contributed by atoms with Gasteiger partial charge in [-0.3, -0.25) is 4.79 Å². The number of nitrogens with zero attached hydrogens (tertiary/aromatic N) is 1. The molecule has 0 fully saturated rings. The summed E-state index contributed by atoms with van der Waals surface area (Å²) >= 11 is 0. The fourth-order valence-electron chi connectivity index (χ4n) is 1.37. The van der Waals surface area contributed by atoms with E-state index in [2.05, 4.69) is 5.32 Å². The third kappa shape index (κ3) is 6.47. The number of hydrogen-bond donors (Lipinski definition) is 1. The summed E-state index contributed by atoms with van der Waals surface area (Å²) in [5.74, 6) is 0.911. The van der Waals surface area contributed by atoms with E-state index in [1.807, 2.05) is 44.4 Å². The molecule has 0 aliphatic heterocycles. The van der Waals surface area contributed by atoms with E-state index < -0.39 is 0 Å². The molecular weight excluding hydrogens is 252 g/mol. The van der Waals surface area contributed by atoms with Crippen molar-refractivity contribution in [3.63, 3.8) is 0 Å². The predicted molar refractivity (Wildman–Crippen MR) is 75.4 cm³/mol. The van der Waals surface area contributed by atoms with Crippen molar-refractivity contribution in [1.29, 1.82) is 0 Å². The smallest absolute Gasteiger partial charge is 0.225 e. The average Bonchev–Trinajstić information content (AvgIpc) is 2.37. The maximum absolute atomic E-state index is 11.7. The number of nitrogens with one attached hydrogen (secondary N) is 1. The highest BCUT2D eigenvalue weighted by atomic mass is 35.5. The van der Waals surface area contributed by atoms with Crippen molar-refractivity contribution >= 4 is 18.3 Å². The van der Waals surface area contributed by atoms with E-state index in [-0.39, 0.29) is 18.3 Å². The molecule has 0 heterocycles. The van der Waals surface area contributed by atoms with Crippen molar-refractivity contribution in [2.75, 3.05) is 33.8 Å². The van der Waals surface area contributed by atoms with Crippen molar-refractivity contribution in [1.82, 2.24) is 10.2 Å². The van der Waals surface area contributed by atoms with Crippen LogP contribution in [0.15, 0.2) is 30.3 Å². The van der Waals surface area contributed by atoms with Gasteiger partial charge in [0.1, 0.15) is 5.75 Å². The number of amides is 1. The first-order valence-corrected chi connectivity index (χ1v) is 5.80. The van der Waals surface area contributed by atoms with E-state index in [1.54, 1.807) is 4.90 Å². The molecule has 18 heavy (non-hydrogen) atoms. The topological polar surface area (TPSA) is 41.6 Å². The van der Waals surface area contributed by atoms with E-state index in [0.29, 0.717) is 13.0 Å². The number of carbonyl (C=O) groups excluding carboxylic acids is 1. The average molecular weight is 273 g/mol. The van der Waals surface area contributed by atoms with Crippen molar-refractivity contribution in [3.8, 4) is 5.75 Å². The molecule has 0 atom stereocenters. The molecule has 0 aliphatic rings. The van der Waals surface area contributed by atoms with E-state index in [0.717, 1.165) is 18.8 Å². The van der Waals surface area contributed by atoms with Crippen molar-refractivity contribution in [3.05, 3.63) is 30.3 Å². The Kier molecular flexibility index (Phi) is 9.06. The number of para-hydroxylation sites is 1. The van der Waals surface area contributed by atoms with E-state index in [1.165, 1.54) is 0 Å². The molecule has 1 aromatic rings. The Morgan fingerprint density at radius 1 is 1.33 bits per heavy atom. The van der Waals surface area contributed by atoms with Gasteiger partial charge in [0, 0.05) is 20.1 Å². The number of carbonyl (C=O) groups is 1.